The van der Waals surface area contributed by atoms with Crippen molar-refractivity contribution in [1.29, 1.82) is 0 Å². The van der Waals surface area contributed by atoms with E-state index < -0.39 is 23.4 Å². The van der Waals surface area contributed by atoms with Crippen LogP contribution < -0.4 is 10.7 Å². The SMILES string of the molecule is O=C(CSc1nnc(-c2cccnc2)o1)NN1C(=O)NC2(CCCCC2)C1=O. The van der Waals surface area contributed by atoms with E-state index in [1.807, 2.05) is 0 Å². The molecule has 10 nitrogen and oxygen atoms in total. The number of hydrogen-bond acceptors (Lipinski definition) is 8. The van der Waals surface area contributed by atoms with Crippen molar-refractivity contribution in [3.8, 4) is 11.5 Å². The maximum absolute atomic E-state index is 12.6. The fourth-order valence-electron chi connectivity index (χ4n) is 3.37. The summed E-state index contributed by atoms with van der Waals surface area (Å²) in [7, 11) is 0. The predicted molar refractivity (Wildman–Crippen MR) is 97.6 cm³/mol. The molecule has 1 saturated heterocycles. The first-order valence-electron chi connectivity index (χ1n) is 8.90. The number of aromatic nitrogens is 3. The van der Waals surface area contributed by atoms with Crippen LogP contribution in [0.3, 0.4) is 0 Å². The highest BCUT2D eigenvalue weighted by Gasteiger charge is 2.52. The lowest BCUT2D eigenvalue weighted by molar-refractivity contribution is -0.139. The van der Waals surface area contributed by atoms with Gasteiger partial charge in [0.25, 0.3) is 11.1 Å². The molecule has 1 spiro atoms. The van der Waals surface area contributed by atoms with Crippen LogP contribution in [0.5, 0.6) is 0 Å². The van der Waals surface area contributed by atoms with E-state index in [9.17, 15) is 14.4 Å². The third kappa shape index (κ3) is 3.57. The zero-order valence-corrected chi connectivity index (χ0v) is 15.7. The maximum Gasteiger partial charge on any atom is 0.344 e. The topological polar surface area (TPSA) is 130 Å². The van der Waals surface area contributed by atoms with E-state index in [4.69, 9.17) is 4.42 Å². The van der Waals surface area contributed by atoms with Crippen molar-refractivity contribution in [2.45, 2.75) is 42.9 Å². The average molecular weight is 402 g/mol. The third-order valence-electron chi connectivity index (χ3n) is 4.75. The second-order valence-corrected chi connectivity index (χ2v) is 7.58. The van der Waals surface area contributed by atoms with E-state index in [-0.39, 0.29) is 11.0 Å². The Labute approximate surface area is 164 Å². The van der Waals surface area contributed by atoms with E-state index >= 15 is 0 Å². The van der Waals surface area contributed by atoms with Crippen LogP contribution in [0.25, 0.3) is 11.5 Å². The Kier molecular flexibility index (Phi) is 4.99. The molecule has 11 heteroatoms. The van der Waals surface area contributed by atoms with Crippen LogP contribution in [0.4, 0.5) is 4.79 Å². The first-order valence-corrected chi connectivity index (χ1v) is 9.89. The molecule has 0 atom stereocenters. The lowest BCUT2D eigenvalue weighted by Gasteiger charge is -2.30. The molecule has 0 radical (unpaired) electrons. The molecule has 0 unspecified atom stereocenters. The fraction of sp³-hybridized carbons (Fsp3) is 0.412. The van der Waals surface area contributed by atoms with Crippen LogP contribution in [-0.2, 0) is 9.59 Å². The predicted octanol–water partition coefficient (Wildman–Crippen LogP) is 1.51. The van der Waals surface area contributed by atoms with Gasteiger partial charge >= 0.3 is 6.03 Å². The summed E-state index contributed by atoms with van der Waals surface area (Å²) in [6.45, 7) is 0. The molecule has 2 aromatic rings. The molecule has 1 saturated carbocycles. The van der Waals surface area contributed by atoms with Crippen LogP contribution in [-0.4, -0.2) is 49.3 Å². The molecule has 0 bridgehead atoms. The Balaban J connectivity index is 1.33. The minimum Gasteiger partial charge on any atom is -0.411 e. The quantitative estimate of drug-likeness (QED) is 0.568. The van der Waals surface area contributed by atoms with Crippen molar-refractivity contribution in [1.82, 2.24) is 30.9 Å². The summed E-state index contributed by atoms with van der Waals surface area (Å²) in [4.78, 5) is 41.0. The van der Waals surface area contributed by atoms with Gasteiger partial charge in [0.2, 0.25) is 11.8 Å². The lowest BCUT2D eigenvalue weighted by Crippen LogP contribution is -2.51. The minimum atomic E-state index is -0.874. The number of urea groups is 1. The van der Waals surface area contributed by atoms with E-state index in [1.54, 1.807) is 24.5 Å². The van der Waals surface area contributed by atoms with Gasteiger partial charge in [0.15, 0.2) is 0 Å². The monoisotopic (exact) mass is 402 g/mol. The number of carbonyl (C=O) groups excluding carboxylic acids is 3. The molecule has 2 fully saturated rings. The number of nitrogens with zero attached hydrogens (tertiary/aromatic N) is 4. The maximum atomic E-state index is 12.6. The highest BCUT2D eigenvalue weighted by molar-refractivity contribution is 7.99. The molecular weight excluding hydrogens is 384 g/mol. The van der Waals surface area contributed by atoms with Gasteiger partial charge in [0, 0.05) is 12.4 Å². The van der Waals surface area contributed by atoms with Crippen molar-refractivity contribution >= 4 is 29.6 Å². The Morgan fingerprint density at radius 3 is 2.86 bits per heavy atom. The summed E-state index contributed by atoms with van der Waals surface area (Å²) in [5, 5.41) is 11.5. The number of hydrazine groups is 1. The van der Waals surface area contributed by atoms with Crippen molar-refractivity contribution in [2.75, 3.05) is 5.75 Å². The van der Waals surface area contributed by atoms with Crippen LogP contribution in [0.2, 0.25) is 0 Å². The molecule has 28 heavy (non-hydrogen) atoms. The Morgan fingerprint density at radius 1 is 1.29 bits per heavy atom. The normalized spacial score (nSPS) is 18.4. The van der Waals surface area contributed by atoms with Crippen molar-refractivity contribution < 1.29 is 18.8 Å². The number of amides is 4. The van der Waals surface area contributed by atoms with Crippen LogP contribution in [0.1, 0.15) is 32.1 Å². The Hall–Kier alpha value is -2.95. The third-order valence-corrected chi connectivity index (χ3v) is 5.57. The number of thioether (sulfide) groups is 1. The van der Waals surface area contributed by atoms with Gasteiger partial charge in [-0.1, -0.05) is 31.0 Å². The van der Waals surface area contributed by atoms with Crippen LogP contribution in [0.15, 0.2) is 34.2 Å². The van der Waals surface area contributed by atoms with Gasteiger partial charge in [0.1, 0.15) is 5.54 Å². The minimum absolute atomic E-state index is 0.0846. The molecule has 2 N–H and O–H groups in total. The number of carbonyl (C=O) groups is 3. The molecule has 2 aliphatic rings. The summed E-state index contributed by atoms with van der Waals surface area (Å²) < 4.78 is 5.48. The van der Waals surface area contributed by atoms with Crippen molar-refractivity contribution in [2.24, 2.45) is 0 Å². The number of rotatable bonds is 5. The highest BCUT2D eigenvalue weighted by Crippen LogP contribution is 2.33. The molecule has 1 aliphatic carbocycles. The molecule has 4 rings (SSSR count). The van der Waals surface area contributed by atoms with E-state index in [0.29, 0.717) is 24.3 Å². The van der Waals surface area contributed by atoms with Gasteiger partial charge in [-0.3, -0.25) is 20.0 Å². The molecular formula is C17H18N6O4S. The number of nitrogens with one attached hydrogen (secondary N) is 2. The van der Waals surface area contributed by atoms with E-state index in [0.717, 1.165) is 36.0 Å². The molecule has 146 valence electrons. The number of imide groups is 1. The van der Waals surface area contributed by atoms with Gasteiger partial charge in [-0.05, 0) is 25.0 Å². The molecule has 4 amide bonds. The first kappa shape index (κ1) is 18.4. The van der Waals surface area contributed by atoms with Crippen LogP contribution in [0, 0.1) is 0 Å². The molecule has 2 aromatic heterocycles. The van der Waals surface area contributed by atoms with Gasteiger partial charge in [0.05, 0.1) is 11.3 Å². The second kappa shape index (κ2) is 7.58. The summed E-state index contributed by atoms with van der Waals surface area (Å²) in [6, 6.07) is 2.93. The summed E-state index contributed by atoms with van der Waals surface area (Å²) in [5.74, 6) is -0.697. The van der Waals surface area contributed by atoms with Crippen molar-refractivity contribution in [3.63, 3.8) is 0 Å². The van der Waals surface area contributed by atoms with Crippen molar-refractivity contribution in [3.05, 3.63) is 24.5 Å². The highest BCUT2D eigenvalue weighted by atomic mass is 32.2. The van der Waals surface area contributed by atoms with Gasteiger partial charge < -0.3 is 9.73 Å². The van der Waals surface area contributed by atoms with Gasteiger partial charge in [-0.15, -0.1) is 10.2 Å². The Morgan fingerprint density at radius 2 is 2.11 bits per heavy atom. The summed E-state index contributed by atoms with van der Waals surface area (Å²) in [5.41, 5.74) is 2.17. The molecule has 1 aliphatic heterocycles. The number of pyridine rings is 1. The smallest absolute Gasteiger partial charge is 0.344 e. The summed E-state index contributed by atoms with van der Waals surface area (Å²) in [6.07, 6.45) is 7.20. The summed E-state index contributed by atoms with van der Waals surface area (Å²) >= 11 is 1.01. The Bertz CT molecular complexity index is 896. The average Bonchev–Trinajstić information content (AvgIpc) is 3.27. The molecule has 0 aromatic carbocycles. The van der Waals surface area contributed by atoms with E-state index in [1.165, 1.54) is 0 Å². The zero-order chi connectivity index (χ0) is 19.6. The lowest BCUT2D eigenvalue weighted by atomic mass is 9.82. The van der Waals surface area contributed by atoms with Gasteiger partial charge in [-0.25, -0.2) is 4.79 Å². The standard InChI is InChI=1S/C17H18N6O4S/c24-12(10-28-16-21-20-13(27-16)11-5-4-8-18-9-11)22-23-14(25)17(19-15(23)26)6-2-1-3-7-17/h4-5,8-9H,1-3,6-7,10H2,(H,19,26)(H,22,24). The molecule has 3 heterocycles. The zero-order valence-electron chi connectivity index (χ0n) is 14.9. The second-order valence-electron chi connectivity index (χ2n) is 6.65. The fourth-order valence-corrected chi connectivity index (χ4v) is 3.93. The first-order chi connectivity index (χ1) is 13.6. The largest absolute Gasteiger partial charge is 0.411 e. The van der Waals surface area contributed by atoms with Gasteiger partial charge in [-0.2, -0.15) is 5.01 Å². The van der Waals surface area contributed by atoms with Crippen LogP contribution >= 0.6 is 11.8 Å². The number of hydrogen-bond donors (Lipinski definition) is 2. The van der Waals surface area contributed by atoms with E-state index in [2.05, 4.69) is 25.9 Å².